The Bertz CT molecular complexity index is 58.3. The number of hydrogen-bond donors (Lipinski definition) is 3. The quantitative estimate of drug-likeness (QED) is 0.268. The van der Waals surface area contributed by atoms with Crippen molar-refractivity contribution in [1.82, 2.24) is 0 Å². The third kappa shape index (κ3) is 96.6. The van der Waals surface area contributed by atoms with Gasteiger partial charge in [0.15, 0.2) is 0 Å². The molecule has 9 heavy (non-hydrogen) atoms. The molecule has 0 radical (unpaired) electrons. The molecule has 0 unspecified atom stereocenters. The van der Waals surface area contributed by atoms with Gasteiger partial charge in [0.1, 0.15) is 0 Å². The van der Waals surface area contributed by atoms with Gasteiger partial charge in [-0.3, -0.25) is 0 Å². The molecule has 5 N–H and O–H groups in total. The molecule has 0 saturated carbocycles. The van der Waals surface area contributed by atoms with E-state index >= 15 is 0 Å². The summed E-state index contributed by atoms with van der Waals surface area (Å²) in [4.78, 5) is 21.6. The van der Waals surface area contributed by atoms with E-state index in [2.05, 4.69) is 0 Å². The normalized spacial score (nSPS) is 6.56. The second kappa shape index (κ2) is 13.6. The molecule has 0 spiro atoms. The van der Waals surface area contributed by atoms with Crippen molar-refractivity contribution in [1.29, 1.82) is 0 Å². The van der Waals surface area contributed by atoms with Crippen LogP contribution in [0.1, 0.15) is 0 Å². The Kier molecular flexibility index (Phi) is 44.9. The first-order valence-electron chi connectivity index (χ1n) is 0.783. The molecule has 0 heterocycles. The van der Waals surface area contributed by atoms with Crippen molar-refractivity contribution in [2.45, 2.75) is 0 Å². The molecule has 0 amide bonds. The molecule has 5 nitrogen and oxygen atoms in total. The number of rotatable bonds is 0. The average Bonchev–Trinajstić information content (AvgIpc) is 0.722. The molecular weight excluding hydrogens is 180 g/mol. The molecule has 0 aliphatic heterocycles. The van der Waals surface area contributed by atoms with Crippen LogP contribution in [0.4, 0.5) is 0 Å². The molecule has 0 aromatic heterocycles. The SMILES string of the molecule is O.O=P(O)(O)O.[NaH].[NaH].[NaH]. The Morgan fingerprint density at radius 1 is 0.889 bits per heavy atom. The van der Waals surface area contributed by atoms with E-state index in [0.29, 0.717) is 0 Å². The van der Waals surface area contributed by atoms with E-state index in [4.69, 9.17) is 19.2 Å². The minimum atomic E-state index is -4.64. The maximum absolute atomic E-state index is 8.88. The van der Waals surface area contributed by atoms with Crippen LogP contribution in [0.15, 0.2) is 0 Å². The van der Waals surface area contributed by atoms with Gasteiger partial charge in [0, 0.05) is 0 Å². The molecule has 0 saturated heterocycles. The summed E-state index contributed by atoms with van der Waals surface area (Å²) in [5.41, 5.74) is 0. The molecule has 0 bridgehead atoms. The van der Waals surface area contributed by atoms with Gasteiger partial charge in [0.25, 0.3) is 0 Å². The second-order valence-corrected chi connectivity index (χ2v) is 1.54. The van der Waals surface area contributed by atoms with Crippen LogP contribution in [-0.2, 0) is 4.57 Å². The van der Waals surface area contributed by atoms with E-state index in [1.165, 1.54) is 0 Å². The van der Waals surface area contributed by atoms with Gasteiger partial charge >= 0.3 is 96.5 Å². The van der Waals surface area contributed by atoms with Crippen LogP contribution >= 0.6 is 7.82 Å². The molecule has 0 aromatic rings. The first kappa shape index (κ1) is 29.6. The van der Waals surface area contributed by atoms with Crippen molar-refractivity contribution in [2.75, 3.05) is 0 Å². The zero-order chi connectivity index (χ0) is 4.50. The third-order valence-electron chi connectivity index (χ3n) is 0. The minimum absolute atomic E-state index is 0. The Morgan fingerprint density at radius 2 is 0.889 bits per heavy atom. The van der Waals surface area contributed by atoms with Crippen molar-refractivity contribution in [3.8, 4) is 0 Å². The molecular formula is H8Na3O5P. The zero-order valence-corrected chi connectivity index (χ0v) is 3.59. The predicted octanol–water partition coefficient (Wildman–Crippen LogP) is -3.70. The molecule has 0 fully saturated rings. The summed E-state index contributed by atoms with van der Waals surface area (Å²) in [5, 5.41) is 0. The van der Waals surface area contributed by atoms with Crippen molar-refractivity contribution in [3.63, 3.8) is 0 Å². The van der Waals surface area contributed by atoms with Crippen LogP contribution in [0, 0.1) is 0 Å². The maximum atomic E-state index is 8.88. The Labute approximate surface area is 119 Å². The summed E-state index contributed by atoms with van der Waals surface area (Å²) < 4.78 is 8.88. The summed E-state index contributed by atoms with van der Waals surface area (Å²) in [5.74, 6) is 0. The zero-order valence-electron chi connectivity index (χ0n) is 2.70. The van der Waals surface area contributed by atoms with Crippen LogP contribution in [0.2, 0.25) is 0 Å². The molecule has 0 atom stereocenters. The fraction of sp³-hybridized carbons (Fsp3) is 0. The summed E-state index contributed by atoms with van der Waals surface area (Å²) >= 11 is 0. The summed E-state index contributed by atoms with van der Waals surface area (Å²) in [6.45, 7) is 0. The first-order chi connectivity index (χ1) is 2.00. The van der Waals surface area contributed by atoms with Gasteiger partial charge in [-0.15, -0.1) is 0 Å². The second-order valence-electron chi connectivity index (χ2n) is 0.513. The summed E-state index contributed by atoms with van der Waals surface area (Å²) in [6, 6.07) is 0. The van der Waals surface area contributed by atoms with Crippen LogP contribution < -0.4 is 0 Å². The van der Waals surface area contributed by atoms with Gasteiger partial charge in [-0.05, 0) is 0 Å². The molecule has 0 aliphatic rings. The van der Waals surface area contributed by atoms with Gasteiger partial charge in [0.05, 0.1) is 0 Å². The number of phosphoric acid groups is 1. The van der Waals surface area contributed by atoms with Gasteiger partial charge in [-0.25, -0.2) is 4.57 Å². The van der Waals surface area contributed by atoms with Gasteiger partial charge in [0.2, 0.25) is 0 Å². The van der Waals surface area contributed by atoms with E-state index in [0.717, 1.165) is 0 Å². The predicted molar refractivity (Wildman–Crippen MR) is 39.3 cm³/mol. The fourth-order valence-electron chi connectivity index (χ4n) is 0. The van der Waals surface area contributed by atoms with Crippen LogP contribution in [0.25, 0.3) is 0 Å². The van der Waals surface area contributed by atoms with Crippen LogP contribution in [0.3, 0.4) is 0 Å². The third-order valence-corrected chi connectivity index (χ3v) is 0. The molecule has 0 aliphatic carbocycles. The van der Waals surface area contributed by atoms with E-state index in [1.54, 1.807) is 0 Å². The summed E-state index contributed by atoms with van der Waals surface area (Å²) in [7, 11) is -4.64. The van der Waals surface area contributed by atoms with Crippen molar-refractivity contribution in [2.24, 2.45) is 0 Å². The average molecular weight is 188 g/mol. The molecule has 46 valence electrons. The Morgan fingerprint density at radius 3 is 0.889 bits per heavy atom. The first-order valence-corrected chi connectivity index (χ1v) is 2.35. The molecule has 0 aromatic carbocycles. The molecule has 0 rings (SSSR count). The van der Waals surface area contributed by atoms with Crippen LogP contribution in [0.5, 0.6) is 0 Å². The Balaban J connectivity index is -0.0000000133. The Hall–Kier alpha value is 3.07. The van der Waals surface area contributed by atoms with Crippen molar-refractivity contribution < 1.29 is 24.7 Å². The van der Waals surface area contributed by atoms with Crippen molar-refractivity contribution >= 4 is 96.5 Å². The van der Waals surface area contributed by atoms with Crippen molar-refractivity contribution in [3.05, 3.63) is 0 Å². The van der Waals surface area contributed by atoms with E-state index in [9.17, 15) is 0 Å². The van der Waals surface area contributed by atoms with Gasteiger partial charge in [-0.2, -0.15) is 0 Å². The standard InChI is InChI=1S/3Na.H3O4P.H2O.3H/c;;;1-5(2,3)4;;;;/h;;;(H3,1,2,3,4);1H2;;;. The van der Waals surface area contributed by atoms with E-state index < -0.39 is 7.82 Å². The van der Waals surface area contributed by atoms with Crippen LogP contribution in [-0.4, -0.2) is 109 Å². The number of hydrogen-bond acceptors (Lipinski definition) is 1. The fourth-order valence-corrected chi connectivity index (χ4v) is 0. The van der Waals surface area contributed by atoms with Gasteiger partial charge < -0.3 is 20.2 Å². The van der Waals surface area contributed by atoms with Gasteiger partial charge in [-0.1, -0.05) is 0 Å². The molecule has 9 heteroatoms. The van der Waals surface area contributed by atoms with E-state index in [1.807, 2.05) is 0 Å². The van der Waals surface area contributed by atoms with E-state index in [-0.39, 0.29) is 94.1 Å². The topological polar surface area (TPSA) is 109 Å². The monoisotopic (exact) mass is 188 g/mol. The summed E-state index contributed by atoms with van der Waals surface area (Å²) in [6.07, 6.45) is 0.